The number of fused-ring (bicyclic) bond motifs is 1. The molecule has 1 aromatic heterocycles. The molecule has 5 rings (SSSR count). The maximum absolute atomic E-state index is 13.0. The van der Waals surface area contributed by atoms with Crippen LogP contribution in [0.15, 0.2) is 72.8 Å². The number of carbonyl (C=O) groups excluding carboxylic acids is 1. The number of aromatic nitrogens is 2. The molecule has 2 heterocycles. The van der Waals surface area contributed by atoms with Gasteiger partial charge in [0.2, 0.25) is 5.91 Å². The Kier molecular flexibility index (Phi) is 6.76. The normalized spacial score (nSPS) is 15.8. The quantitative estimate of drug-likeness (QED) is 0.310. The van der Waals surface area contributed by atoms with Crippen molar-refractivity contribution in [3.63, 3.8) is 0 Å². The Morgan fingerprint density at radius 1 is 1.06 bits per heavy atom. The van der Waals surface area contributed by atoms with Gasteiger partial charge in [0, 0.05) is 24.6 Å². The van der Waals surface area contributed by atoms with Gasteiger partial charge in [0.25, 0.3) is 0 Å². The Balaban J connectivity index is 1.39. The van der Waals surface area contributed by atoms with Crippen LogP contribution in [0.4, 0.5) is 5.69 Å². The number of rotatable bonds is 8. The lowest BCUT2D eigenvalue weighted by Crippen LogP contribution is -2.25. The number of ether oxygens (including phenoxy) is 2. The number of allylic oxidation sites excluding steroid dienone is 1. The molecule has 0 N–H and O–H groups in total. The minimum Gasteiger partial charge on any atom is -0.493 e. The molecule has 3 aromatic carbocycles. The number of hydrogen-bond acceptors (Lipinski definition) is 4. The van der Waals surface area contributed by atoms with Gasteiger partial charge in [-0.1, -0.05) is 48.6 Å². The molecule has 1 atom stereocenters. The lowest BCUT2D eigenvalue weighted by molar-refractivity contribution is -0.117. The van der Waals surface area contributed by atoms with Crippen LogP contribution in [-0.2, 0) is 11.3 Å². The van der Waals surface area contributed by atoms with Crippen molar-refractivity contribution in [1.29, 1.82) is 0 Å². The summed E-state index contributed by atoms with van der Waals surface area (Å²) < 4.78 is 13.9. The molecule has 6 nitrogen and oxygen atoms in total. The predicted molar refractivity (Wildman–Crippen MR) is 144 cm³/mol. The molecular formula is C30H31N3O3. The lowest BCUT2D eigenvalue weighted by Gasteiger charge is -2.19. The standard InChI is InChI=1S/C30H31N3O3/c1-4-9-22-14-15-27(28(18-22)35-3)36-17-16-32-26-13-8-6-11-24(26)31-30(32)23-19-29(34)33(20-23)25-12-7-5-10-21(25)2/h4-15,18,23H,16-17,19-20H2,1-3H3/b9-4+. The SMILES string of the molecule is C/C=C/c1ccc(OCCn2c(C3CC(=O)N(c4ccccc4C)C3)nc3ccccc32)c(OC)c1. The van der Waals surface area contributed by atoms with Crippen molar-refractivity contribution >= 4 is 28.7 Å². The highest BCUT2D eigenvalue weighted by atomic mass is 16.5. The Labute approximate surface area is 211 Å². The highest BCUT2D eigenvalue weighted by molar-refractivity contribution is 5.97. The van der Waals surface area contributed by atoms with Gasteiger partial charge in [-0.25, -0.2) is 4.98 Å². The zero-order valence-corrected chi connectivity index (χ0v) is 21.0. The van der Waals surface area contributed by atoms with Crippen LogP contribution in [0.5, 0.6) is 11.5 Å². The van der Waals surface area contributed by atoms with Crippen LogP contribution in [0.2, 0.25) is 0 Å². The van der Waals surface area contributed by atoms with Crippen molar-refractivity contribution in [2.24, 2.45) is 0 Å². The highest BCUT2D eigenvalue weighted by Crippen LogP contribution is 2.34. The Bertz CT molecular complexity index is 1420. The minimum atomic E-state index is 0.0131. The summed E-state index contributed by atoms with van der Waals surface area (Å²) in [4.78, 5) is 19.9. The number of amides is 1. The molecule has 184 valence electrons. The molecule has 0 spiro atoms. The fraction of sp³-hybridized carbons (Fsp3) is 0.267. The van der Waals surface area contributed by atoms with Gasteiger partial charge in [0.1, 0.15) is 12.4 Å². The second-order valence-electron chi connectivity index (χ2n) is 9.06. The fourth-order valence-corrected chi connectivity index (χ4v) is 4.97. The first-order valence-corrected chi connectivity index (χ1v) is 12.3. The summed E-state index contributed by atoms with van der Waals surface area (Å²) in [6.45, 7) is 5.72. The number of anilines is 1. The number of benzene rings is 3. The van der Waals surface area contributed by atoms with Crippen LogP contribution in [0, 0.1) is 6.92 Å². The molecule has 1 saturated heterocycles. The van der Waals surface area contributed by atoms with E-state index in [1.54, 1.807) is 7.11 Å². The maximum Gasteiger partial charge on any atom is 0.227 e. The summed E-state index contributed by atoms with van der Waals surface area (Å²) in [6, 6.07) is 22.1. The summed E-state index contributed by atoms with van der Waals surface area (Å²) in [5.41, 5.74) is 5.12. The van der Waals surface area contributed by atoms with E-state index >= 15 is 0 Å². The highest BCUT2D eigenvalue weighted by Gasteiger charge is 2.35. The molecule has 1 aliphatic rings. The summed E-state index contributed by atoms with van der Waals surface area (Å²) in [7, 11) is 1.65. The zero-order chi connectivity index (χ0) is 25.1. The first kappa shape index (κ1) is 23.7. The first-order chi connectivity index (χ1) is 17.6. The van der Waals surface area contributed by atoms with Gasteiger partial charge in [0.15, 0.2) is 11.5 Å². The molecular weight excluding hydrogens is 450 g/mol. The zero-order valence-electron chi connectivity index (χ0n) is 21.0. The minimum absolute atomic E-state index is 0.0131. The van der Waals surface area contributed by atoms with E-state index in [4.69, 9.17) is 14.5 Å². The molecule has 4 aromatic rings. The average Bonchev–Trinajstić information content (AvgIpc) is 3.45. The van der Waals surface area contributed by atoms with E-state index < -0.39 is 0 Å². The third-order valence-electron chi connectivity index (χ3n) is 6.70. The summed E-state index contributed by atoms with van der Waals surface area (Å²) in [5.74, 6) is 2.49. The summed E-state index contributed by atoms with van der Waals surface area (Å²) in [6.07, 6.45) is 4.47. The monoisotopic (exact) mass is 481 g/mol. The van der Waals surface area contributed by atoms with E-state index in [0.29, 0.717) is 37.6 Å². The Morgan fingerprint density at radius 3 is 2.67 bits per heavy atom. The summed E-state index contributed by atoms with van der Waals surface area (Å²) >= 11 is 0. The first-order valence-electron chi connectivity index (χ1n) is 12.3. The van der Waals surface area contributed by atoms with Gasteiger partial charge in [-0.3, -0.25) is 4.79 Å². The lowest BCUT2D eigenvalue weighted by atomic mass is 10.1. The van der Waals surface area contributed by atoms with Crippen LogP contribution >= 0.6 is 0 Å². The molecule has 6 heteroatoms. The Morgan fingerprint density at radius 2 is 1.86 bits per heavy atom. The van der Waals surface area contributed by atoms with E-state index in [2.05, 4.69) is 10.6 Å². The van der Waals surface area contributed by atoms with Crippen molar-refractivity contribution in [2.45, 2.75) is 32.7 Å². The second kappa shape index (κ2) is 10.3. The maximum atomic E-state index is 13.0. The van der Waals surface area contributed by atoms with E-state index in [1.807, 2.05) is 91.6 Å². The van der Waals surface area contributed by atoms with Crippen LogP contribution in [0.1, 0.15) is 36.2 Å². The van der Waals surface area contributed by atoms with Crippen molar-refractivity contribution in [2.75, 3.05) is 25.2 Å². The predicted octanol–water partition coefficient (Wildman–Crippen LogP) is 5.99. The molecule has 1 amide bonds. The van der Waals surface area contributed by atoms with Crippen LogP contribution in [-0.4, -0.2) is 35.7 Å². The topological polar surface area (TPSA) is 56.6 Å². The number of imidazole rings is 1. The van der Waals surface area contributed by atoms with E-state index in [9.17, 15) is 4.79 Å². The molecule has 0 radical (unpaired) electrons. The fourth-order valence-electron chi connectivity index (χ4n) is 4.97. The summed E-state index contributed by atoms with van der Waals surface area (Å²) in [5, 5.41) is 0. The van der Waals surface area contributed by atoms with Gasteiger partial charge < -0.3 is 18.9 Å². The van der Waals surface area contributed by atoms with Crippen LogP contribution < -0.4 is 14.4 Å². The smallest absolute Gasteiger partial charge is 0.227 e. The molecule has 0 aliphatic carbocycles. The number of hydrogen-bond donors (Lipinski definition) is 0. The number of nitrogens with zero attached hydrogens (tertiary/aromatic N) is 3. The largest absolute Gasteiger partial charge is 0.493 e. The van der Waals surface area contributed by atoms with E-state index in [-0.39, 0.29) is 11.8 Å². The second-order valence-corrected chi connectivity index (χ2v) is 9.06. The number of carbonyl (C=O) groups is 1. The molecule has 0 bridgehead atoms. The van der Waals surface area contributed by atoms with Crippen molar-refractivity contribution in [1.82, 2.24) is 9.55 Å². The van der Waals surface area contributed by atoms with Crippen LogP contribution in [0.3, 0.4) is 0 Å². The van der Waals surface area contributed by atoms with Crippen molar-refractivity contribution in [3.8, 4) is 11.5 Å². The van der Waals surface area contributed by atoms with Gasteiger partial charge in [-0.15, -0.1) is 0 Å². The molecule has 36 heavy (non-hydrogen) atoms. The number of methoxy groups -OCH3 is 1. The Hall–Kier alpha value is -4.06. The average molecular weight is 482 g/mol. The molecule has 1 aliphatic heterocycles. The number of aryl methyl sites for hydroxylation is 1. The third kappa shape index (κ3) is 4.59. The van der Waals surface area contributed by atoms with Crippen molar-refractivity contribution < 1.29 is 14.3 Å². The van der Waals surface area contributed by atoms with Gasteiger partial charge >= 0.3 is 0 Å². The van der Waals surface area contributed by atoms with E-state index in [1.165, 1.54) is 0 Å². The molecule has 1 unspecified atom stereocenters. The third-order valence-corrected chi connectivity index (χ3v) is 6.70. The molecule has 0 saturated carbocycles. The number of para-hydroxylation sites is 3. The van der Waals surface area contributed by atoms with E-state index in [0.717, 1.165) is 33.7 Å². The van der Waals surface area contributed by atoms with Gasteiger partial charge in [-0.05, 0) is 55.3 Å². The van der Waals surface area contributed by atoms with Gasteiger partial charge in [0.05, 0.1) is 24.7 Å². The molecule has 1 fully saturated rings. The van der Waals surface area contributed by atoms with Crippen LogP contribution in [0.25, 0.3) is 17.1 Å². The van der Waals surface area contributed by atoms with Crippen molar-refractivity contribution in [3.05, 3.63) is 89.8 Å². The van der Waals surface area contributed by atoms with Gasteiger partial charge in [-0.2, -0.15) is 0 Å².